The van der Waals surface area contributed by atoms with E-state index in [-0.39, 0.29) is 11.6 Å². The van der Waals surface area contributed by atoms with Crippen LogP contribution >= 0.6 is 0 Å². The summed E-state index contributed by atoms with van der Waals surface area (Å²) in [7, 11) is 0. The number of pyridine rings is 2. The normalized spacial score (nSPS) is 21.2. The van der Waals surface area contributed by atoms with E-state index in [4.69, 9.17) is 5.73 Å². The van der Waals surface area contributed by atoms with Crippen LogP contribution in [0.2, 0.25) is 0 Å². The quantitative estimate of drug-likeness (QED) is 0.835. The molecule has 0 bridgehead atoms. The van der Waals surface area contributed by atoms with Gasteiger partial charge in [0.25, 0.3) is 0 Å². The van der Waals surface area contributed by atoms with E-state index < -0.39 is 0 Å². The maximum Gasteiger partial charge on any atom is 0.215 e. The van der Waals surface area contributed by atoms with E-state index in [1.54, 1.807) is 24.4 Å². The number of nitrogen functional groups attached to an aromatic ring is 1. The monoisotopic (exact) mass is 311 g/mol. The highest BCUT2D eigenvalue weighted by Crippen LogP contribution is 2.20. The van der Waals surface area contributed by atoms with Gasteiger partial charge in [-0.2, -0.15) is 0 Å². The van der Waals surface area contributed by atoms with Gasteiger partial charge in [-0.25, -0.2) is 9.97 Å². The molecule has 0 radical (unpaired) electrons. The molecule has 0 aliphatic carbocycles. The highest BCUT2D eigenvalue weighted by molar-refractivity contribution is 6.10. The first-order valence-electron chi connectivity index (χ1n) is 7.78. The average Bonchev–Trinajstić information content (AvgIpc) is 2.57. The molecule has 2 aromatic heterocycles. The summed E-state index contributed by atoms with van der Waals surface area (Å²) in [5.41, 5.74) is 6.58. The molecule has 1 saturated heterocycles. The second kappa shape index (κ2) is 6.34. The number of ketones is 1. The van der Waals surface area contributed by atoms with E-state index in [9.17, 15) is 4.79 Å². The first-order valence-corrected chi connectivity index (χ1v) is 7.78. The number of nitrogens with zero attached hydrogens (tertiary/aromatic N) is 3. The molecule has 3 N–H and O–H groups in total. The van der Waals surface area contributed by atoms with Crippen LogP contribution in [0.25, 0.3) is 0 Å². The third-order valence-electron chi connectivity index (χ3n) is 4.11. The third kappa shape index (κ3) is 3.17. The molecule has 0 spiro atoms. The summed E-state index contributed by atoms with van der Waals surface area (Å²) in [6.07, 6.45) is 1.57. The van der Waals surface area contributed by atoms with Crippen LogP contribution in [-0.4, -0.2) is 40.9 Å². The van der Waals surface area contributed by atoms with Gasteiger partial charge in [-0.15, -0.1) is 0 Å². The largest absolute Gasteiger partial charge is 0.383 e. The van der Waals surface area contributed by atoms with Crippen molar-refractivity contribution in [2.75, 3.05) is 23.7 Å². The molecule has 1 aliphatic rings. The van der Waals surface area contributed by atoms with Gasteiger partial charge in [0.2, 0.25) is 5.78 Å². The molecule has 3 rings (SSSR count). The molecule has 6 nitrogen and oxygen atoms in total. The molecule has 0 amide bonds. The van der Waals surface area contributed by atoms with Crippen molar-refractivity contribution in [3.63, 3.8) is 0 Å². The van der Waals surface area contributed by atoms with Gasteiger partial charge in [0.1, 0.15) is 17.3 Å². The smallest absolute Gasteiger partial charge is 0.215 e. The van der Waals surface area contributed by atoms with E-state index in [0.717, 1.165) is 18.9 Å². The highest BCUT2D eigenvalue weighted by atomic mass is 16.1. The van der Waals surface area contributed by atoms with Gasteiger partial charge in [0.15, 0.2) is 0 Å². The van der Waals surface area contributed by atoms with E-state index >= 15 is 0 Å². The molecule has 2 unspecified atom stereocenters. The number of aromatic nitrogens is 2. The van der Waals surface area contributed by atoms with Gasteiger partial charge < -0.3 is 16.0 Å². The van der Waals surface area contributed by atoms with E-state index in [1.165, 1.54) is 0 Å². The lowest BCUT2D eigenvalue weighted by Gasteiger charge is -2.38. The van der Waals surface area contributed by atoms with Crippen molar-refractivity contribution in [3.8, 4) is 0 Å². The molecule has 6 heteroatoms. The van der Waals surface area contributed by atoms with E-state index in [2.05, 4.69) is 34.0 Å². The zero-order chi connectivity index (χ0) is 16.4. The molecular formula is C17H21N5O. The zero-order valence-electron chi connectivity index (χ0n) is 13.4. The number of rotatable bonds is 3. The van der Waals surface area contributed by atoms with Crippen molar-refractivity contribution < 1.29 is 4.79 Å². The first-order chi connectivity index (χ1) is 11.1. The fraction of sp³-hybridized carbons (Fsp3) is 0.353. The zero-order valence-corrected chi connectivity index (χ0v) is 13.4. The summed E-state index contributed by atoms with van der Waals surface area (Å²) < 4.78 is 0. The van der Waals surface area contributed by atoms with Gasteiger partial charge in [-0.3, -0.25) is 4.79 Å². The predicted molar refractivity (Wildman–Crippen MR) is 90.6 cm³/mol. The van der Waals surface area contributed by atoms with Gasteiger partial charge in [0, 0.05) is 31.4 Å². The Balaban J connectivity index is 1.91. The molecule has 3 heterocycles. The van der Waals surface area contributed by atoms with Crippen molar-refractivity contribution >= 4 is 17.4 Å². The van der Waals surface area contributed by atoms with Gasteiger partial charge >= 0.3 is 0 Å². The van der Waals surface area contributed by atoms with Crippen molar-refractivity contribution in [1.29, 1.82) is 0 Å². The topological polar surface area (TPSA) is 84.1 Å². The molecule has 1 fully saturated rings. The van der Waals surface area contributed by atoms with E-state index in [1.807, 2.05) is 12.1 Å². The number of carbonyl (C=O) groups excluding carboxylic acids is 1. The second-order valence-electron chi connectivity index (χ2n) is 5.96. The van der Waals surface area contributed by atoms with Crippen LogP contribution in [0.4, 0.5) is 11.6 Å². The maximum atomic E-state index is 12.6. The number of nitrogens with one attached hydrogen (secondary N) is 1. The number of carbonyl (C=O) groups is 1. The Morgan fingerprint density at radius 2 is 2.13 bits per heavy atom. The summed E-state index contributed by atoms with van der Waals surface area (Å²) in [5, 5.41) is 3.44. The lowest BCUT2D eigenvalue weighted by atomic mass is 10.1. The SMILES string of the molecule is CC1CN(c2cccc(C(=O)c3cccnc3N)n2)C(C)CN1. The Morgan fingerprint density at radius 1 is 1.30 bits per heavy atom. The minimum atomic E-state index is -0.201. The Morgan fingerprint density at radius 3 is 2.91 bits per heavy atom. The summed E-state index contributed by atoms with van der Waals surface area (Å²) in [6.45, 7) is 6.05. The number of hydrogen-bond acceptors (Lipinski definition) is 6. The molecule has 120 valence electrons. The number of nitrogens with two attached hydrogens (primary N) is 1. The fourth-order valence-corrected chi connectivity index (χ4v) is 2.80. The Labute approximate surface area is 135 Å². The van der Waals surface area contributed by atoms with Crippen LogP contribution in [0.3, 0.4) is 0 Å². The lowest BCUT2D eigenvalue weighted by Crippen LogP contribution is -2.54. The van der Waals surface area contributed by atoms with Crippen LogP contribution in [0.1, 0.15) is 29.9 Å². The summed E-state index contributed by atoms with van der Waals surface area (Å²) in [6, 6.07) is 9.62. The van der Waals surface area contributed by atoms with Crippen molar-refractivity contribution in [2.45, 2.75) is 25.9 Å². The number of anilines is 2. The van der Waals surface area contributed by atoms with Crippen LogP contribution in [-0.2, 0) is 0 Å². The first kappa shape index (κ1) is 15.4. The second-order valence-corrected chi connectivity index (χ2v) is 5.96. The van der Waals surface area contributed by atoms with E-state index in [0.29, 0.717) is 23.3 Å². The van der Waals surface area contributed by atoms with Gasteiger partial charge in [0.05, 0.1) is 5.56 Å². The Bertz CT molecular complexity index is 718. The molecular weight excluding hydrogens is 290 g/mol. The standard InChI is InChI=1S/C17H21N5O/c1-11-10-22(12(2)9-20-11)15-7-3-6-14(21-15)16(23)13-5-4-8-19-17(13)18/h3-8,11-12,20H,9-10H2,1-2H3,(H2,18,19). The van der Waals surface area contributed by atoms with Crippen LogP contribution < -0.4 is 16.0 Å². The summed E-state index contributed by atoms with van der Waals surface area (Å²) >= 11 is 0. The highest BCUT2D eigenvalue weighted by Gasteiger charge is 2.24. The third-order valence-corrected chi connectivity index (χ3v) is 4.11. The summed E-state index contributed by atoms with van der Waals surface area (Å²) in [5.74, 6) is 0.848. The lowest BCUT2D eigenvalue weighted by molar-refractivity contribution is 0.103. The Hall–Kier alpha value is -2.47. The minimum Gasteiger partial charge on any atom is -0.383 e. The van der Waals surface area contributed by atoms with Crippen molar-refractivity contribution in [1.82, 2.24) is 15.3 Å². The number of piperazine rings is 1. The van der Waals surface area contributed by atoms with Crippen LogP contribution in [0.15, 0.2) is 36.5 Å². The molecule has 0 aromatic carbocycles. The average molecular weight is 311 g/mol. The van der Waals surface area contributed by atoms with Gasteiger partial charge in [-0.05, 0) is 38.1 Å². The molecule has 2 aromatic rings. The maximum absolute atomic E-state index is 12.6. The van der Waals surface area contributed by atoms with Gasteiger partial charge in [-0.1, -0.05) is 6.07 Å². The Kier molecular flexibility index (Phi) is 4.25. The van der Waals surface area contributed by atoms with Crippen molar-refractivity contribution in [2.24, 2.45) is 0 Å². The molecule has 23 heavy (non-hydrogen) atoms. The molecule has 0 saturated carbocycles. The summed E-state index contributed by atoms with van der Waals surface area (Å²) in [4.78, 5) is 23.4. The predicted octanol–water partition coefficient (Wildman–Crippen LogP) is 1.48. The fourth-order valence-electron chi connectivity index (χ4n) is 2.80. The minimum absolute atomic E-state index is 0.201. The number of hydrogen-bond donors (Lipinski definition) is 2. The molecule has 2 atom stereocenters. The van der Waals surface area contributed by atoms with Crippen molar-refractivity contribution in [3.05, 3.63) is 47.8 Å². The van der Waals surface area contributed by atoms with Crippen LogP contribution in [0, 0.1) is 0 Å². The molecule has 1 aliphatic heterocycles. The van der Waals surface area contributed by atoms with Crippen LogP contribution in [0.5, 0.6) is 0 Å².